The highest BCUT2D eigenvalue weighted by Gasteiger charge is 2.27. The van der Waals surface area contributed by atoms with Gasteiger partial charge in [-0.15, -0.1) is 0 Å². The smallest absolute Gasteiger partial charge is 0.119 e. The Labute approximate surface area is 155 Å². The molecule has 2 atom stereocenters. The fourth-order valence-electron chi connectivity index (χ4n) is 3.66. The second-order valence-corrected chi connectivity index (χ2v) is 7.39. The Balaban J connectivity index is 1.28. The van der Waals surface area contributed by atoms with Gasteiger partial charge in [-0.2, -0.15) is 0 Å². The Morgan fingerprint density at radius 3 is 2.58 bits per heavy atom. The van der Waals surface area contributed by atoms with Gasteiger partial charge in [0.25, 0.3) is 0 Å². The molecule has 1 saturated carbocycles. The first-order chi connectivity index (χ1) is 12.8. The van der Waals surface area contributed by atoms with Crippen LogP contribution in [-0.4, -0.2) is 43.5 Å². The number of hydrogen-bond acceptors (Lipinski definition) is 4. The van der Waals surface area contributed by atoms with Crippen molar-refractivity contribution >= 4 is 5.69 Å². The van der Waals surface area contributed by atoms with Gasteiger partial charge in [0.15, 0.2) is 0 Å². The zero-order valence-corrected chi connectivity index (χ0v) is 15.2. The number of aliphatic hydroxyl groups is 1. The van der Waals surface area contributed by atoms with E-state index in [9.17, 15) is 5.11 Å². The molecule has 1 aliphatic heterocycles. The lowest BCUT2D eigenvalue weighted by Gasteiger charge is -2.37. The number of nitrogens with zero attached hydrogens (tertiary/aromatic N) is 1. The summed E-state index contributed by atoms with van der Waals surface area (Å²) in [7, 11) is 0. The quantitative estimate of drug-likeness (QED) is 0.803. The molecule has 4 rings (SSSR count). The summed E-state index contributed by atoms with van der Waals surface area (Å²) >= 11 is 0. The predicted octanol–water partition coefficient (Wildman–Crippen LogP) is 3.17. The van der Waals surface area contributed by atoms with E-state index in [4.69, 9.17) is 4.74 Å². The zero-order chi connectivity index (χ0) is 17.8. The first-order valence-electron chi connectivity index (χ1n) is 9.74. The van der Waals surface area contributed by atoms with Crippen LogP contribution in [0.15, 0.2) is 54.6 Å². The SMILES string of the molecule is O[C@@H](CCOc1ccccc1)[C@@H]1CN(c2ccc(C3CC3)cc2)CCN1. The Morgan fingerprint density at radius 1 is 1.08 bits per heavy atom. The lowest BCUT2D eigenvalue weighted by Crippen LogP contribution is -2.56. The molecular weight excluding hydrogens is 324 g/mol. The maximum Gasteiger partial charge on any atom is 0.119 e. The van der Waals surface area contributed by atoms with Gasteiger partial charge in [-0.05, 0) is 48.6 Å². The van der Waals surface area contributed by atoms with Crippen LogP contribution >= 0.6 is 0 Å². The average molecular weight is 352 g/mol. The van der Waals surface area contributed by atoms with Gasteiger partial charge in [0.05, 0.1) is 18.8 Å². The maximum atomic E-state index is 10.6. The van der Waals surface area contributed by atoms with Crippen molar-refractivity contribution in [3.8, 4) is 5.75 Å². The van der Waals surface area contributed by atoms with Crippen LogP contribution in [0, 0.1) is 0 Å². The molecule has 138 valence electrons. The molecular formula is C22H28N2O2. The lowest BCUT2D eigenvalue weighted by molar-refractivity contribution is 0.0977. The molecule has 2 aromatic carbocycles. The molecule has 2 aromatic rings. The van der Waals surface area contributed by atoms with E-state index >= 15 is 0 Å². The third-order valence-corrected chi connectivity index (χ3v) is 5.40. The molecule has 4 heteroatoms. The van der Waals surface area contributed by atoms with E-state index in [-0.39, 0.29) is 6.04 Å². The minimum absolute atomic E-state index is 0.0752. The Hall–Kier alpha value is -2.04. The topological polar surface area (TPSA) is 44.7 Å². The van der Waals surface area contributed by atoms with Crippen LogP contribution in [0.5, 0.6) is 5.75 Å². The van der Waals surface area contributed by atoms with Gasteiger partial charge in [0.2, 0.25) is 0 Å². The Bertz CT molecular complexity index is 685. The van der Waals surface area contributed by atoms with Crippen LogP contribution < -0.4 is 15.0 Å². The van der Waals surface area contributed by atoms with Gasteiger partial charge in [0.1, 0.15) is 5.75 Å². The van der Waals surface area contributed by atoms with Gasteiger partial charge < -0.3 is 20.1 Å². The standard InChI is InChI=1S/C22H28N2O2/c25-22(12-15-26-20-4-2-1-3-5-20)21-16-24(14-13-23-21)19-10-8-18(9-11-19)17-6-7-17/h1-5,8-11,17,21-23,25H,6-7,12-16H2/t21-,22-/m0/s1. The van der Waals surface area contributed by atoms with Gasteiger partial charge in [0, 0.05) is 31.7 Å². The maximum absolute atomic E-state index is 10.6. The van der Waals surface area contributed by atoms with Crippen LogP contribution in [0.2, 0.25) is 0 Å². The molecule has 1 heterocycles. The van der Waals surface area contributed by atoms with E-state index in [1.54, 1.807) is 0 Å². The van der Waals surface area contributed by atoms with Gasteiger partial charge in [-0.3, -0.25) is 0 Å². The van der Waals surface area contributed by atoms with Gasteiger partial charge in [-0.1, -0.05) is 30.3 Å². The molecule has 0 spiro atoms. The van der Waals surface area contributed by atoms with Crippen LogP contribution in [0.25, 0.3) is 0 Å². The second kappa shape index (κ2) is 8.11. The number of ether oxygens (including phenoxy) is 1. The molecule has 0 bridgehead atoms. The lowest BCUT2D eigenvalue weighted by atomic mass is 10.0. The normalized spacial score (nSPS) is 21.4. The van der Waals surface area contributed by atoms with Crippen LogP contribution in [0.4, 0.5) is 5.69 Å². The molecule has 0 aromatic heterocycles. The van der Waals surface area contributed by atoms with E-state index in [0.717, 1.165) is 31.3 Å². The monoisotopic (exact) mass is 352 g/mol. The largest absolute Gasteiger partial charge is 0.493 e. The van der Waals surface area contributed by atoms with Crippen LogP contribution in [-0.2, 0) is 0 Å². The fraction of sp³-hybridized carbons (Fsp3) is 0.455. The fourth-order valence-corrected chi connectivity index (χ4v) is 3.66. The zero-order valence-electron chi connectivity index (χ0n) is 15.2. The van der Waals surface area contributed by atoms with Gasteiger partial charge >= 0.3 is 0 Å². The summed E-state index contributed by atoms with van der Waals surface area (Å²) in [5.41, 5.74) is 2.73. The summed E-state index contributed by atoms with van der Waals surface area (Å²) in [5, 5.41) is 14.0. The van der Waals surface area contributed by atoms with Gasteiger partial charge in [-0.25, -0.2) is 0 Å². The van der Waals surface area contributed by atoms with Crippen molar-refractivity contribution in [1.29, 1.82) is 0 Å². The summed E-state index contributed by atoms with van der Waals surface area (Å²) in [4.78, 5) is 2.37. The average Bonchev–Trinajstić information content (AvgIpc) is 3.54. The van der Waals surface area contributed by atoms with Crippen molar-refractivity contribution in [3.05, 3.63) is 60.2 Å². The molecule has 4 nitrogen and oxygen atoms in total. The van der Waals surface area contributed by atoms with E-state index in [1.807, 2.05) is 30.3 Å². The third kappa shape index (κ3) is 4.37. The number of piperazine rings is 1. The van der Waals surface area contributed by atoms with E-state index in [0.29, 0.717) is 13.0 Å². The minimum atomic E-state index is -0.410. The first kappa shape index (κ1) is 17.4. The van der Waals surface area contributed by atoms with Crippen molar-refractivity contribution in [3.63, 3.8) is 0 Å². The van der Waals surface area contributed by atoms with Crippen molar-refractivity contribution in [2.45, 2.75) is 37.3 Å². The number of anilines is 1. The summed E-state index contributed by atoms with van der Waals surface area (Å²) in [6.45, 7) is 3.23. The number of hydrogen-bond donors (Lipinski definition) is 2. The number of nitrogens with one attached hydrogen (secondary N) is 1. The van der Waals surface area contributed by atoms with E-state index < -0.39 is 6.10 Å². The molecule has 26 heavy (non-hydrogen) atoms. The second-order valence-electron chi connectivity index (χ2n) is 7.39. The summed E-state index contributed by atoms with van der Waals surface area (Å²) < 4.78 is 5.72. The minimum Gasteiger partial charge on any atom is -0.493 e. The number of benzene rings is 2. The highest BCUT2D eigenvalue weighted by atomic mass is 16.5. The highest BCUT2D eigenvalue weighted by molar-refractivity contribution is 5.49. The Morgan fingerprint density at radius 2 is 1.85 bits per heavy atom. The summed E-state index contributed by atoms with van der Waals surface area (Å²) in [5.74, 6) is 1.65. The first-order valence-corrected chi connectivity index (χ1v) is 9.74. The van der Waals surface area contributed by atoms with Crippen molar-refractivity contribution in [1.82, 2.24) is 5.32 Å². The molecule has 1 aliphatic carbocycles. The molecule has 2 aliphatic rings. The Kier molecular flexibility index (Phi) is 5.42. The van der Waals surface area contributed by atoms with Crippen molar-refractivity contribution in [2.24, 2.45) is 0 Å². The predicted molar refractivity (Wildman–Crippen MR) is 105 cm³/mol. The number of aliphatic hydroxyl groups excluding tert-OH is 1. The van der Waals surface area contributed by atoms with Crippen LogP contribution in [0.3, 0.4) is 0 Å². The number of para-hydroxylation sites is 1. The third-order valence-electron chi connectivity index (χ3n) is 5.40. The summed E-state index contributed by atoms with van der Waals surface area (Å²) in [6, 6.07) is 18.9. The van der Waals surface area contributed by atoms with Crippen molar-refractivity contribution < 1.29 is 9.84 Å². The summed E-state index contributed by atoms with van der Waals surface area (Å²) in [6.07, 6.45) is 2.90. The van der Waals surface area contributed by atoms with E-state index in [2.05, 4.69) is 34.5 Å². The molecule has 0 radical (unpaired) electrons. The van der Waals surface area contributed by atoms with Crippen LogP contribution in [0.1, 0.15) is 30.7 Å². The molecule has 1 saturated heterocycles. The van der Waals surface area contributed by atoms with E-state index in [1.165, 1.54) is 24.1 Å². The van der Waals surface area contributed by atoms with Crippen molar-refractivity contribution in [2.75, 3.05) is 31.1 Å². The molecule has 0 unspecified atom stereocenters. The molecule has 0 amide bonds. The highest BCUT2D eigenvalue weighted by Crippen LogP contribution is 2.40. The number of rotatable bonds is 7. The molecule has 2 N–H and O–H groups in total. The molecule has 2 fully saturated rings.